The lowest BCUT2D eigenvalue weighted by atomic mass is 10.0. The molecule has 2 nitrogen and oxygen atoms in total. The van der Waals surface area contributed by atoms with E-state index in [4.69, 9.17) is 0 Å². The van der Waals surface area contributed by atoms with Crippen LogP contribution in [0.4, 0.5) is 0 Å². The van der Waals surface area contributed by atoms with Gasteiger partial charge in [0.15, 0.2) is 0 Å². The van der Waals surface area contributed by atoms with E-state index in [-0.39, 0.29) is 0 Å². The molecule has 0 saturated heterocycles. The SMILES string of the molecule is [c]1cncc(C2C=NCC2)c1. The first-order chi connectivity index (χ1) is 5.47. The van der Waals surface area contributed by atoms with E-state index in [1.807, 2.05) is 18.5 Å². The summed E-state index contributed by atoms with van der Waals surface area (Å²) in [5, 5.41) is 0. The summed E-state index contributed by atoms with van der Waals surface area (Å²) in [4.78, 5) is 8.19. The molecule has 0 saturated carbocycles. The summed E-state index contributed by atoms with van der Waals surface area (Å²) < 4.78 is 0. The Morgan fingerprint density at radius 3 is 3.18 bits per heavy atom. The predicted molar refractivity (Wildman–Crippen MR) is 43.8 cm³/mol. The van der Waals surface area contributed by atoms with Crippen LogP contribution < -0.4 is 0 Å². The molecule has 1 aliphatic heterocycles. The summed E-state index contributed by atoms with van der Waals surface area (Å²) in [6, 6.07) is 4.95. The fourth-order valence-corrected chi connectivity index (χ4v) is 1.28. The highest BCUT2D eigenvalue weighted by Crippen LogP contribution is 2.19. The second-order valence-corrected chi connectivity index (χ2v) is 2.67. The molecule has 1 aromatic rings. The Bertz CT molecular complexity index is 254. The number of aromatic nitrogens is 1. The molecular formula is C9H9N2. The van der Waals surface area contributed by atoms with Crippen LogP contribution in [0.5, 0.6) is 0 Å². The highest BCUT2D eigenvalue weighted by Gasteiger charge is 2.11. The van der Waals surface area contributed by atoms with Crippen LogP contribution >= 0.6 is 0 Å². The van der Waals surface area contributed by atoms with Crippen molar-refractivity contribution in [3.8, 4) is 0 Å². The van der Waals surface area contributed by atoms with Gasteiger partial charge in [0.2, 0.25) is 0 Å². The minimum absolute atomic E-state index is 0.486. The first-order valence-corrected chi connectivity index (χ1v) is 3.78. The summed E-state index contributed by atoms with van der Waals surface area (Å²) in [7, 11) is 0. The lowest BCUT2D eigenvalue weighted by Gasteiger charge is -2.03. The Morgan fingerprint density at radius 2 is 2.55 bits per heavy atom. The van der Waals surface area contributed by atoms with E-state index in [1.165, 1.54) is 5.56 Å². The Hall–Kier alpha value is -1.18. The van der Waals surface area contributed by atoms with Crippen molar-refractivity contribution >= 4 is 6.21 Å². The Morgan fingerprint density at radius 1 is 1.55 bits per heavy atom. The van der Waals surface area contributed by atoms with E-state index in [1.54, 1.807) is 6.20 Å². The van der Waals surface area contributed by atoms with Gasteiger partial charge < -0.3 is 0 Å². The third-order valence-electron chi connectivity index (χ3n) is 1.91. The average Bonchev–Trinajstić information content (AvgIpc) is 2.58. The van der Waals surface area contributed by atoms with Gasteiger partial charge in [0.1, 0.15) is 0 Å². The maximum Gasteiger partial charge on any atom is 0.0395 e. The van der Waals surface area contributed by atoms with E-state index in [0.29, 0.717) is 5.92 Å². The van der Waals surface area contributed by atoms with E-state index < -0.39 is 0 Å². The molecule has 1 aromatic heterocycles. The molecule has 1 atom stereocenters. The number of nitrogens with zero attached hydrogens (tertiary/aromatic N) is 2. The molecular weight excluding hydrogens is 136 g/mol. The zero-order chi connectivity index (χ0) is 7.52. The molecule has 1 unspecified atom stereocenters. The van der Waals surface area contributed by atoms with Gasteiger partial charge in [-0.2, -0.15) is 0 Å². The highest BCUT2D eigenvalue weighted by molar-refractivity contribution is 5.69. The molecule has 1 aliphatic rings. The fourth-order valence-electron chi connectivity index (χ4n) is 1.28. The second-order valence-electron chi connectivity index (χ2n) is 2.67. The van der Waals surface area contributed by atoms with Gasteiger partial charge in [0, 0.05) is 37.1 Å². The predicted octanol–water partition coefficient (Wildman–Crippen LogP) is 1.44. The minimum Gasteiger partial charge on any atom is -0.297 e. The van der Waals surface area contributed by atoms with Crippen LogP contribution in [0, 0.1) is 6.07 Å². The minimum atomic E-state index is 0.486. The Labute approximate surface area is 66.0 Å². The van der Waals surface area contributed by atoms with Crippen LogP contribution in [0.1, 0.15) is 17.9 Å². The molecule has 2 rings (SSSR count). The fraction of sp³-hybridized carbons (Fsp3) is 0.333. The maximum absolute atomic E-state index is 4.17. The summed E-state index contributed by atoms with van der Waals surface area (Å²) in [6.45, 7) is 0.958. The summed E-state index contributed by atoms with van der Waals surface area (Å²) in [5.41, 5.74) is 1.23. The number of hydrogen-bond donors (Lipinski definition) is 0. The molecule has 0 aliphatic carbocycles. The van der Waals surface area contributed by atoms with Crippen LogP contribution in [-0.4, -0.2) is 17.7 Å². The largest absolute Gasteiger partial charge is 0.297 e. The van der Waals surface area contributed by atoms with Crippen LogP contribution in [0.3, 0.4) is 0 Å². The van der Waals surface area contributed by atoms with Gasteiger partial charge in [-0.05, 0) is 18.1 Å². The van der Waals surface area contributed by atoms with Gasteiger partial charge in [-0.15, -0.1) is 0 Å². The van der Waals surface area contributed by atoms with Crippen LogP contribution in [0.15, 0.2) is 23.5 Å². The first-order valence-electron chi connectivity index (χ1n) is 3.78. The van der Waals surface area contributed by atoms with Gasteiger partial charge in [0.05, 0.1) is 0 Å². The molecule has 0 bridgehead atoms. The lowest BCUT2D eigenvalue weighted by molar-refractivity contribution is 0.842. The highest BCUT2D eigenvalue weighted by atomic mass is 14.7. The summed E-state index contributed by atoms with van der Waals surface area (Å²) >= 11 is 0. The Kier molecular flexibility index (Phi) is 1.68. The van der Waals surface area contributed by atoms with Crippen molar-refractivity contribution in [2.24, 2.45) is 4.99 Å². The third-order valence-corrected chi connectivity index (χ3v) is 1.91. The quantitative estimate of drug-likeness (QED) is 0.587. The number of aliphatic imine (C=N–C) groups is 1. The smallest absolute Gasteiger partial charge is 0.0395 e. The van der Waals surface area contributed by atoms with Gasteiger partial charge in [-0.25, -0.2) is 0 Å². The van der Waals surface area contributed by atoms with Gasteiger partial charge in [-0.3, -0.25) is 9.98 Å². The molecule has 0 amide bonds. The van der Waals surface area contributed by atoms with Crippen LogP contribution in [0.2, 0.25) is 0 Å². The molecule has 11 heavy (non-hydrogen) atoms. The Balaban J connectivity index is 2.23. The van der Waals surface area contributed by atoms with Crippen molar-refractivity contribution in [1.29, 1.82) is 0 Å². The molecule has 2 heteroatoms. The molecule has 2 heterocycles. The summed E-state index contributed by atoms with van der Waals surface area (Å²) in [6.07, 6.45) is 6.69. The second kappa shape index (κ2) is 2.82. The number of hydrogen-bond acceptors (Lipinski definition) is 2. The maximum atomic E-state index is 4.17. The van der Waals surface area contributed by atoms with Crippen LogP contribution in [0.25, 0.3) is 0 Å². The standard InChI is InChI=1S/C9H9N2/c1-2-8(6-10-4-1)9-3-5-11-7-9/h2,4,6-7,9H,3,5H2. The van der Waals surface area contributed by atoms with Crippen molar-refractivity contribution in [3.63, 3.8) is 0 Å². The average molecular weight is 145 g/mol. The van der Waals surface area contributed by atoms with Crippen molar-refractivity contribution in [3.05, 3.63) is 30.1 Å². The van der Waals surface area contributed by atoms with E-state index in [9.17, 15) is 0 Å². The van der Waals surface area contributed by atoms with Crippen molar-refractivity contribution in [2.45, 2.75) is 12.3 Å². The normalized spacial score (nSPS) is 22.4. The summed E-state index contributed by atoms with van der Waals surface area (Å²) in [5.74, 6) is 0.486. The topological polar surface area (TPSA) is 25.2 Å². The molecule has 0 N–H and O–H groups in total. The van der Waals surface area contributed by atoms with Gasteiger partial charge in [-0.1, -0.05) is 0 Å². The van der Waals surface area contributed by atoms with E-state index in [0.717, 1.165) is 13.0 Å². The zero-order valence-electron chi connectivity index (χ0n) is 6.20. The third kappa shape index (κ3) is 1.29. The first kappa shape index (κ1) is 6.53. The van der Waals surface area contributed by atoms with Gasteiger partial charge >= 0.3 is 0 Å². The van der Waals surface area contributed by atoms with Crippen molar-refractivity contribution in [2.75, 3.05) is 6.54 Å². The molecule has 0 fully saturated rings. The van der Waals surface area contributed by atoms with E-state index >= 15 is 0 Å². The van der Waals surface area contributed by atoms with Crippen molar-refractivity contribution < 1.29 is 0 Å². The number of pyridine rings is 1. The van der Waals surface area contributed by atoms with Crippen molar-refractivity contribution in [1.82, 2.24) is 4.98 Å². The monoisotopic (exact) mass is 145 g/mol. The van der Waals surface area contributed by atoms with Crippen LogP contribution in [-0.2, 0) is 0 Å². The molecule has 1 radical (unpaired) electrons. The molecule has 0 spiro atoms. The number of rotatable bonds is 1. The molecule has 0 aromatic carbocycles. The van der Waals surface area contributed by atoms with Gasteiger partial charge in [0.25, 0.3) is 0 Å². The zero-order valence-corrected chi connectivity index (χ0v) is 6.20. The lowest BCUT2D eigenvalue weighted by Crippen LogP contribution is -1.95. The molecule has 55 valence electrons. The van der Waals surface area contributed by atoms with E-state index in [2.05, 4.69) is 16.0 Å².